The summed E-state index contributed by atoms with van der Waals surface area (Å²) in [5, 5.41) is 0. The van der Waals surface area contributed by atoms with Gasteiger partial charge in [0.15, 0.2) is 35.2 Å². The molecular weight excluding hydrogens is 460 g/mol. The molecule has 2 aliphatic rings. The topological polar surface area (TPSA) is 77.5 Å². The fraction of sp³-hybridized carbons (Fsp3) is 0.286. The van der Waals surface area contributed by atoms with E-state index in [1.54, 1.807) is 48.2 Å². The summed E-state index contributed by atoms with van der Waals surface area (Å²) < 4.78 is 23.4. The van der Waals surface area contributed by atoms with E-state index in [4.69, 9.17) is 18.9 Å². The summed E-state index contributed by atoms with van der Waals surface area (Å²) in [4.78, 5) is 29.1. The van der Waals surface area contributed by atoms with E-state index < -0.39 is 0 Å². The molecule has 0 aromatic heterocycles. The second-order valence-corrected chi connectivity index (χ2v) is 8.94. The van der Waals surface area contributed by atoms with Crippen molar-refractivity contribution in [2.24, 2.45) is 0 Å². The van der Waals surface area contributed by atoms with Gasteiger partial charge in [0.2, 0.25) is 0 Å². The molecule has 8 heteroatoms. The van der Waals surface area contributed by atoms with Gasteiger partial charge in [-0.1, -0.05) is 24.3 Å². The van der Waals surface area contributed by atoms with Gasteiger partial charge < -0.3 is 28.7 Å². The van der Waals surface area contributed by atoms with Gasteiger partial charge in [0, 0.05) is 25.2 Å². The maximum absolute atomic E-state index is 12.9. The number of likely N-dealkylation sites (N-methyl/N-ethyl adjacent to an activating group) is 2. The summed E-state index contributed by atoms with van der Waals surface area (Å²) in [6, 6.07) is 21.6. The van der Waals surface area contributed by atoms with Crippen LogP contribution in [-0.4, -0.2) is 74.2 Å². The molecule has 3 aromatic rings. The second kappa shape index (κ2) is 10.2. The smallest absolute Gasteiger partial charge is 0.253 e. The number of carbonyl (C=O) groups excluding carboxylic acids is 2. The van der Waals surface area contributed by atoms with Crippen molar-refractivity contribution in [1.29, 1.82) is 0 Å². The third-order valence-corrected chi connectivity index (χ3v) is 6.16. The molecule has 2 aliphatic heterocycles. The number of benzene rings is 3. The van der Waals surface area contributed by atoms with Crippen molar-refractivity contribution in [2.75, 3.05) is 40.4 Å². The summed E-state index contributed by atoms with van der Waals surface area (Å²) in [6.07, 6.45) is -0.525. The van der Waals surface area contributed by atoms with Gasteiger partial charge in [-0.2, -0.15) is 0 Å². The molecule has 0 spiro atoms. The van der Waals surface area contributed by atoms with E-state index in [1.165, 1.54) is 0 Å². The Morgan fingerprint density at radius 1 is 0.639 bits per heavy atom. The summed E-state index contributed by atoms with van der Waals surface area (Å²) in [7, 11) is 3.45. The zero-order valence-electron chi connectivity index (χ0n) is 20.3. The summed E-state index contributed by atoms with van der Waals surface area (Å²) in [6.45, 7) is 1.50. The van der Waals surface area contributed by atoms with E-state index in [2.05, 4.69) is 0 Å². The molecule has 0 bridgehead atoms. The minimum atomic E-state index is -0.263. The van der Waals surface area contributed by atoms with Crippen LogP contribution in [0, 0.1) is 0 Å². The van der Waals surface area contributed by atoms with Crippen LogP contribution in [0.5, 0.6) is 23.0 Å². The van der Waals surface area contributed by atoms with Gasteiger partial charge in [0.25, 0.3) is 11.8 Å². The average molecular weight is 489 g/mol. The highest BCUT2D eigenvalue weighted by Gasteiger charge is 2.26. The Balaban J connectivity index is 1.15. The number of carbonyl (C=O) groups is 2. The van der Waals surface area contributed by atoms with Crippen LogP contribution >= 0.6 is 0 Å². The van der Waals surface area contributed by atoms with Crippen LogP contribution in [0.25, 0.3) is 0 Å². The number of rotatable bonds is 6. The van der Waals surface area contributed by atoms with Crippen LogP contribution in [0.2, 0.25) is 0 Å². The van der Waals surface area contributed by atoms with Gasteiger partial charge >= 0.3 is 0 Å². The van der Waals surface area contributed by atoms with Crippen LogP contribution in [-0.2, 0) is 0 Å². The van der Waals surface area contributed by atoms with Crippen molar-refractivity contribution in [3.8, 4) is 23.0 Å². The van der Waals surface area contributed by atoms with Crippen LogP contribution in [0.1, 0.15) is 20.7 Å². The van der Waals surface area contributed by atoms with Crippen LogP contribution in [0.3, 0.4) is 0 Å². The lowest BCUT2D eigenvalue weighted by atomic mass is 10.1. The lowest BCUT2D eigenvalue weighted by Gasteiger charge is -2.30. The minimum Gasteiger partial charge on any atom is -0.486 e. The Morgan fingerprint density at radius 3 is 1.39 bits per heavy atom. The predicted molar refractivity (Wildman–Crippen MR) is 133 cm³/mol. The molecule has 186 valence electrons. The maximum Gasteiger partial charge on any atom is 0.253 e. The molecule has 0 saturated carbocycles. The van der Waals surface area contributed by atoms with E-state index in [-0.39, 0.29) is 24.0 Å². The normalized spacial score (nSPS) is 17.7. The van der Waals surface area contributed by atoms with Gasteiger partial charge in [0.1, 0.15) is 13.2 Å². The summed E-state index contributed by atoms with van der Waals surface area (Å²) >= 11 is 0. The first kappa shape index (κ1) is 23.5. The van der Waals surface area contributed by atoms with Crippen molar-refractivity contribution < 1.29 is 28.5 Å². The Kier molecular flexibility index (Phi) is 6.66. The van der Waals surface area contributed by atoms with Crippen LogP contribution < -0.4 is 18.9 Å². The molecule has 2 heterocycles. The first-order chi connectivity index (χ1) is 17.5. The largest absolute Gasteiger partial charge is 0.486 e. The fourth-order valence-corrected chi connectivity index (χ4v) is 4.28. The van der Waals surface area contributed by atoms with Gasteiger partial charge in [0.05, 0.1) is 13.1 Å². The van der Waals surface area contributed by atoms with Crippen molar-refractivity contribution >= 4 is 11.8 Å². The van der Waals surface area contributed by atoms with E-state index in [0.29, 0.717) is 60.4 Å². The van der Waals surface area contributed by atoms with Gasteiger partial charge in [-0.25, -0.2) is 0 Å². The minimum absolute atomic E-state index is 0.156. The van der Waals surface area contributed by atoms with Crippen LogP contribution in [0.4, 0.5) is 0 Å². The van der Waals surface area contributed by atoms with E-state index >= 15 is 0 Å². The Morgan fingerprint density at radius 2 is 1.00 bits per heavy atom. The monoisotopic (exact) mass is 488 g/mol. The van der Waals surface area contributed by atoms with Gasteiger partial charge in [-0.15, -0.1) is 0 Å². The standard InChI is InChI=1S/C28H28N2O6/c1-29(15-21-17-33-23-7-3-5-9-25(23)35-21)27(31)19-11-13-20(14-12-19)28(32)30(2)16-22-18-34-24-8-4-6-10-26(24)36-22/h3-14,21-22H,15-18H2,1-2H3. The molecule has 0 fully saturated rings. The van der Waals surface area contributed by atoms with Crippen molar-refractivity contribution in [3.05, 3.63) is 83.9 Å². The molecular formula is C28H28N2O6. The maximum atomic E-state index is 12.9. The van der Waals surface area contributed by atoms with Crippen molar-refractivity contribution in [2.45, 2.75) is 12.2 Å². The lowest BCUT2D eigenvalue weighted by Crippen LogP contribution is -2.42. The lowest BCUT2D eigenvalue weighted by molar-refractivity contribution is 0.0516. The molecule has 2 amide bonds. The highest BCUT2D eigenvalue weighted by Crippen LogP contribution is 2.32. The van der Waals surface area contributed by atoms with Crippen molar-refractivity contribution in [3.63, 3.8) is 0 Å². The molecule has 8 nitrogen and oxygen atoms in total. The fourth-order valence-electron chi connectivity index (χ4n) is 4.28. The molecule has 0 N–H and O–H groups in total. The number of hydrogen-bond donors (Lipinski definition) is 0. The van der Waals surface area contributed by atoms with Crippen molar-refractivity contribution in [1.82, 2.24) is 9.80 Å². The van der Waals surface area contributed by atoms with E-state index in [1.807, 2.05) is 48.5 Å². The Labute approximate surface area is 209 Å². The quantitative estimate of drug-likeness (QED) is 0.529. The molecule has 2 atom stereocenters. The zero-order chi connectivity index (χ0) is 25.1. The molecule has 36 heavy (non-hydrogen) atoms. The first-order valence-electron chi connectivity index (χ1n) is 11.9. The Hall–Kier alpha value is -4.20. The second-order valence-electron chi connectivity index (χ2n) is 8.94. The number of para-hydroxylation sites is 4. The predicted octanol–water partition coefficient (Wildman–Crippen LogP) is 3.51. The van der Waals surface area contributed by atoms with Gasteiger partial charge in [-0.3, -0.25) is 9.59 Å². The van der Waals surface area contributed by atoms with Crippen LogP contribution in [0.15, 0.2) is 72.8 Å². The SMILES string of the molecule is CN(CC1COc2ccccc2O1)C(=O)c1ccc(C(=O)N(C)CC2COc3ccccc3O2)cc1. The average Bonchev–Trinajstić information content (AvgIpc) is 2.92. The third-order valence-electron chi connectivity index (χ3n) is 6.16. The first-order valence-corrected chi connectivity index (χ1v) is 11.9. The molecule has 3 aromatic carbocycles. The number of ether oxygens (including phenoxy) is 4. The zero-order valence-corrected chi connectivity index (χ0v) is 20.3. The van der Waals surface area contributed by atoms with E-state index in [9.17, 15) is 9.59 Å². The molecule has 0 saturated heterocycles. The summed E-state index contributed by atoms with van der Waals surface area (Å²) in [5.74, 6) is 2.46. The number of nitrogens with zero attached hydrogens (tertiary/aromatic N) is 2. The molecule has 5 rings (SSSR count). The molecule has 0 radical (unpaired) electrons. The third kappa shape index (κ3) is 5.07. The number of hydrogen-bond acceptors (Lipinski definition) is 6. The van der Waals surface area contributed by atoms with Gasteiger partial charge in [-0.05, 0) is 48.5 Å². The number of fused-ring (bicyclic) bond motifs is 2. The highest BCUT2D eigenvalue weighted by molar-refractivity contribution is 5.97. The molecule has 0 aliphatic carbocycles. The highest BCUT2D eigenvalue weighted by atomic mass is 16.6. The molecule has 2 unspecified atom stereocenters. The van der Waals surface area contributed by atoms with E-state index in [0.717, 1.165) is 0 Å². The number of amides is 2. The Bertz CT molecular complexity index is 1150. The summed E-state index contributed by atoms with van der Waals surface area (Å²) in [5.41, 5.74) is 0.990.